The third kappa shape index (κ3) is 4.79. The molecule has 0 amide bonds. The van der Waals surface area contributed by atoms with Crippen LogP contribution in [0, 0.1) is 11.6 Å². The Labute approximate surface area is 168 Å². The van der Waals surface area contributed by atoms with Crippen molar-refractivity contribution >= 4 is 34.8 Å². The number of halogens is 2. The Bertz CT molecular complexity index is 872. The molecule has 1 aromatic carbocycles. The second kappa shape index (κ2) is 9.32. The molecule has 1 unspecified atom stereocenters. The van der Waals surface area contributed by atoms with Gasteiger partial charge in [-0.1, -0.05) is 38.6 Å². The summed E-state index contributed by atoms with van der Waals surface area (Å²) in [4.78, 5) is 13.9. The highest BCUT2D eigenvalue weighted by Crippen LogP contribution is 2.36. The van der Waals surface area contributed by atoms with E-state index in [-0.39, 0.29) is 5.92 Å². The van der Waals surface area contributed by atoms with Crippen LogP contribution in [0.5, 0.6) is 0 Å². The van der Waals surface area contributed by atoms with Crippen LogP contribution in [0.25, 0.3) is 0 Å². The van der Waals surface area contributed by atoms with Gasteiger partial charge < -0.3 is 10.6 Å². The Morgan fingerprint density at radius 1 is 1.21 bits per heavy atom. The minimum Gasteiger partial charge on any atom is -0.367 e. The number of anilines is 2. The Morgan fingerprint density at radius 2 is 2.04 bits per heavy atom. The normalized spacial score (nSPS) is 14.1. The zero-order chi connectivity index (χ0) is 20.1. The molecule has 28 heavy (non-hydrogen) atoms. The van der Waals surface area contributed by atoms with Crippen LogP contribution < -0.4 is 10.6 Å². The van der Waals surface area contributed by atoms with E-state index in [2.05, 4.69) is 34.4 Å². The molecular weight excluding hydrogens is 380 g/mol. The summed E-state index contributed by atoms with van der Waals surface area (Å²) in [5, 5.41) is 7.37. The first kappa shape index (κ1) is 20.5. The third-order valence-corrected chi connectivity index (χ3v) is 5.58. The van der Waals surface area contributed by atoms with Gasteiger partial charge in [0, 0.05) is 18.0 Å². The first-order valence-electron chi connectivity index (χ1n) is 9.55. The monoisotopic (exact) mass is 405 g/mol. The lowest BCUT2D eigenvalue weighted by Gasteiger charge is -2.21. The van der Waals surface area contributed by atoms with E-state index in [0.717, 1.165) is 41.8 Å². The molecule has 0 spiro atoms. The molecule has 0 fully saturated rings. The molecule has 0 aliphatic carbocycles. The van der Waals surface area contributed by atoms with Gasteiger partial charge in [0.2, 0.25) is 0 Å². The van der Waals surface area contributed by atoms with E-state index in [1.165, 1.54) is 6.07 Å². The average molecular weight is 406 g/mol. The van der Waals surface area contributed by atoms with Crippen LogP contribution >= 0.6 is 11.8 Å². The largest absolute Gasteiger partial charge is 0.367 e. The van der Waals surface area contributed by atoms with Gasteiger partial charge in [0.15, 0.2) is 28.4 Å². The number of thioether (sulfide) groups is 1. The molecule has 2 aromatic rings. The molecule has 2 N–H and O–H groups in total. The number of hydrogen-bond donors (Lipinski definition) is 2. The van der Waals surface area contributed by atoms with Crippen molar-refractivity contribution in [1.82, 2.24) is 9.97 Å². The number of nitrogens with one attached hydrogen (secondary N) is 2. The molecule has 1 atom stereocenters. The molecule has 1 aliphatic rings. The molecule has 150 valence electrons. The molecule has 1 aromatic heterocycles. The summed E-state index contributed by atoms with van der Waals surface area (Å²) in [6.07, 6.45) is 1.88. The fraction of sp³-hybridized carbons (Fsp3) is 0.450. The lowest BCUT2D eigenvalue weighted by molar-refractivity contribution is 0.506. The van der Waals surface area contributed by atoms with Gasteiger partial charge in [-0.3, -0.25) is 0 Å². The quantitative estimate of drug-likeness (QED) is 0.456. The van der Waals surface area contributed by atoms with Crippen molar-refractivity contribution in [2.45, 2.75) is 44.7 Å². The Kier molecular flexibility index (Phi) is 6.83. The van der Waals surface area contributed by atoms with Crippen LogP contribution in [0.3, 0.4) is 0 Å². The predicted octanol–water partition coefficient (Wildman–Crippen LogP) is 5.38. The van der Waals surface area contributed by atoms with Crippen LogP contribution in [-0.2, 0) is 0 Å². The first-order chi connectivity index (χ1) is 13.5. The summed E-state index contributed by atoms with van der Waals surface area (Å²) in [6, 6.07) is 4.02. The Hall–Kier alpha value is -2.22. The van der Waals surface area contributed by atoms with Crippen molar-refractivity contribution in [2.24, 2.45) is 4.99 Å². The van der Waals surface area contributed by atoms with E-state index < -0.39 is 11.6 Å². The molecule has 2 heterocycles. The molecule has 0 radical (unpaired) electrons. The van der Waals surface area contributed by atoms with Gasteiger partial charge in [0.25, 0.3) is 0 Å². The van der Waals surface area contributed by atoms with Gasteiger partial charge in [-0.2, -0.15) is 0 Å². The van der Waals surface area contributed by atoms with Crippen molar-refractivity contribution in [3.8, 4) is 0 Å². The predicted molar refractivity (Wildman–Crippen MR) is 112 cm³/mol. The number of hydrogen-bond acceptors (Lipinski definition) is 6. The van der Waals surface area contributed by atoms with Gasteiger partial charge in [0.1, 0.15) is 5.69 Å². The van der Waals surface area contributed by atoms with E-state index in [1.54, 1.807) is 17.8 Å². The topological polar surface area (TPSA) is 62.2 Å². The van der Waals surface area contributed by atoms with Crippen LogP contribution in [0.15, 0.2) is 28.3 Å². The first-order valence-corrected chi connectivity index (χ1v) is 10.5. The molecular formula is C20H25F2N5S. The summed E-state index contributed by atoms with van der Waals surface area (Å²) in [5.41, 5.74) is 2.48. The van der Waals surface area contributed by atoms with Crippen molar-refractivity contribution in [1.29, 1.82) is 0 Å². The van der Waals surface area contributed by atoms with Crippen LogP contribution in [0.4, 0.5) is 26.1 Å². The fourth-order valence-electron chi connectivity index (χ4n) is 2.82. The van der Waals surface area contributed by atoms with Gasteiger partial charge in [-0.25, -0.2) is 23.7 Å². The summed E-state index contributed by atoms with van der Waals surface area (Å²) in [7, 11) is 0. The highest BCUT2D eigenvalue weighted by Gasteiger charge is 2.20. The molecule has 1 aliphatic heterocycles. The Balaban J connectivity index is 1.83. The zero-order valence-corrected chi connectivity index (χ0v) is 17.2. The van der Waals surface area contributed by atoms with Crippen molar-refractivity contribution < 1.29 is 8.78 Å². The van der Waals surface area contributed by atoms with E-state index in [0.29, 0.717) is 29.8 Å². The molecule has 3 rings (SSSR count). The Morgan fingerprint density at radius 3 is 2.75 bits per heavy atom. The SMILES string of the molecule is CCCSc1nc2c(c(NCC(C)c3ccc(F)c(F)c3)n1)N=C(CC)CN2. The van der Waals surface area contributed by atoms with Gasteiger partial charge in [-0.05, 0) is 36.5 Å². The van der Waals surface area contributed by atoms with Crippen molar-refractivity contribution in [3.05, 3.63) is 35.4 Å². The van der Waals surface area contributed by atoms with Gasteiger partial charge in [-0.15, -0.1) is 0 Å². The maximum atomic E-state index is 13.5. The second-order valence-corrected chi connectivity index (χ2v) is 7.80. The second-order valence-electron chi connectivity index (χ2n) is 6.74. The molecule has 0 saturated heterocycles. The van der Waals surface area contributed by atoms with E-state index >= 15 is 0 Å². The highest BCUT2D eigenvalue weighted by molar-refractivity contribution is 7.99. The molecule has 8 heteroatoms. The van der Waals surface area contributed by atoms with Crippen molar-refractivity contribution in [2.75, 3.05) is 29.5 Å². The van der Waals surface area contributed by atoms with Gasteiger partial charge >= 0.3 is 0 Å². The number of fused-ring (bicyclic) bond motifs is 1. The number of benzene rings is 1. The van der Waals surface area contributed by atoms with Gasteiger partial charge in [0.05, 0.1) is 6.54 Å². The molecule has 5 nitrogen and oxygen atoms in total. The summed E-state index contributed by atoms with van der Waals surface area (Å²) < 4.78 is 26.7. The summed E-state index contributed by atoms with van der Waals surface area (Å²) in [6.45, 7) is 7.34. The van der Waals surface area contributed by atoms with Crippen molar-refractivity contribution in [3.63, 3.8) is 0 Å². The van der Waals surface area contributed by atoms with E-state index in [9.17, 15) is 8.78 Å². The maximum Gasteiger partial charge on any atom is 0.191 e. The number of aromatic nitrogens is 2. The summed E-state index contributed by atoms with van der Waals surface area (Å²) in [5.74, 6) is 0.637. The van der Waals surface area contributed by atoms with Crippen LogP contribution in [0.1, 0.15) is 45.1 Å². The van der Waals surface area contributed by atoms with E-state index in [4.69, 9.17) is 4.99 Å². The number of aliphatic imine (C=N–C) groups is 1. The average Bonchev–Trinajstić information content (AvgIpc) is 2.71. The molecule has 0 bridgehead atoms. The van der Waals surface area contributed by atoms with Crippen LogP contribution in [0.2, 0.25) is 0 Å². The highest BCUT2D eigenvalue weighted by atomic mass is 32.2. The third-order valence-electron chi connectivity index (χ3n) is 4.53. The lowest BCUT2D eigenvalue weighted by Crippen LogP contribution is -2.20. The number of nitrogens with zero attached hydrogens (tertiary/aromatic N) is 3. The standard InChI is InChI=1S/C20H25F2N5S/c1-4-8-28-20-26-18(17-19(27-20)24-11-14(5-2)25-17)23-10-12(3)13-6-7-15(21)16(22)9-13/h6-7,9,12H,4-5,8,10-11H2,1-3H3,(H2,23,24,26,27). The number of rotatable bonds is 8. The fourth-order valence-corrected chi connectivity index (χ4v) is 3.52. The van der Waals surface area contributed by atoms with Crippen LogP contribution in [-0.4, -0.2) is 34.5 Å². The zero-order valence-electron chi connectivity index (χ0n) is 16.4. The lowest BCUT2D eigenvalue weighted by atomic mass is 10.0. The van der Waals surface area contributed by atoms with E-state index in [1.807, 2.05) is 6.92 Å². The summed E-state index contributed by atoms with van der Waals surface area (Å²) >= 11 is 1.61. The molecule has 0 saturated carbocycles. The maximum absolute atomic E-state index is 13.5. The minimum atomic E-state index is -0.834. The minimum absolute atomic E-state index is 0.0290. The smallest absolute Gasteiger partial charge is 0.191 e.